The van der Waals surface area contributed by atoms with Crippen LogP contribution >= 0.6 is 0 Å². The number of benzene rings is 1. The van der Waals surface area contributed by atoms with Crippen LogP contribution in [-0.4, -0.2) is 29.1 Å². The number of carbonyl (C=O) groups is 1. The van der Waals surface area contributed by atoms with Crippen molar-refractivity contribution in [2.75, 3.05) is 13.2 Å². The molecule has 0 aliphatic heterocycles. The van der Waals surface area contributed by atoms with Crippen LogP contribution in [0.15, 0.2) is 53.4 Å². The smallest absolute Gasteiger partial charge is 0.255 e. The van der Waals surface area contributed by atoms with Crippen molar-refractivity contribution in [1.82, 2.24) is 10.3 Å². The van der Waals surface area contributed by atoms with E-state index in [0.717, 1.165) is 22.9 Å². The minimum atomic E-state index is -0.180. The third-order valence-corrected chi connectivity index (χ3v) is 4.37. The van der Waals surface area contributed by atoms with Gasteiger partial charge in [-0.2, -0.15) is 0 Å². The Morgan fingerprint density at radius 1 is 1.24 bits per heavy atom. The Balaban J connectivity index is 1.67. The van der Waals surface area contributed by atoms with Gasteiger partial charge in [0.05, 0.1) is 5.56 Å². The monoisotopic (exact) mass is 338 g/mol. The average molecular weight is 338 g/mol. The summed E-state index contributed by atoms with van der Waals surface area (Å²) in [5.74, 6) is -0.226. The highest BCUT2D eigenvalue weighted by atomic mass is 16.3. The molecule has 0 fully saturated rings. The van der Waals surface area contributed by atoms with E-state index in [0.29, 0.717) is 24.1 Å². The molecule has 2 N–H and O–H groups in total. The Bertz CT molecular complexity index is 843. The van der Waals surface area contributed by atoms with E-state index in [1.807, 2.05) is 30.3 Å². The highest BCUT2D eigenvalue weighted by Crippen LogP contribution is 2.23. The summed E-state index contributed by atoms with van der Waals surface area (Å²) in [6.45, 7) is 2.48. The molecule has 0 aliphatic carbocycles. The second-order valence-corrected chi connectivity index (χ2v) is 6.15. The van der Waals surface area contributed by atoms with E-state index in [9.17, 15) is 9.90 Å². The molecule has 2 aromatic heterocycles. The molecule has 2 heterocycles. The van der Waals surface area contributed by atoms with Crippen molar-refractivity contribution in [3.63, 3.8) is 0 Å². The highest BCUT2D eigenvalue weighted by molar-refractivity contribution is 6.06. The van der Waals surface area contributed by atoms with Crippen LogP contribution in [0.4, 0.5) is 0 Å². The maximum Gasteiger partial charge on any atom is 0.255 e. The topological polar surface area (TPSA) is 75.4 Å². The Hall–Kier alpha value is -2.66. The zero-order valence-electron chi connectivity index (χ0n) is 14.2. The molecule has 5 heteroatoms. The second-order valence-electron chi connectivity index (χ2n) is 6.15. The Morgan fingerprint density at radius 3 is 2.76 bits per heavy atom. The zero-order chi connectivity index (χ0) is 17.6. The van der Waals surface area contributed by atoms with Crippen LogP contribution in [0.5, 0.6) is 0 Å². The maximum absolute atomic E-state index is 12.5. The summed E-state index contributed by atoms with van der Waals surface area (Å²) in [6.07, 6.45) is 6.54. The molecule has 130 valence electrons. The van der Waals surface area contributed by atoms with Crippen LogP contribution < -0.4 is 5.32 Å². The first-order chi connectivity index (χ1) is 12.2. The van der Waals surface area contributed by atoms with Gasteiger partial charge in [-0.25, -0.2) is 0 Å². The fourth-order valence-electron chi connectivity index (χ4n) is 2.86. The molecular formula is C20H22N2O3. The van der Waals surface area contributed by atoms with Gasteiger partial charge in [-0.05, 0) is 48.2 Å². The highest BCUT2D eigenvalue weighted by Gasteiger charge is 2.16. The van der Waals surface area contributed by atoms with Crippen molar-refractivity contribution in [3.8, 4) is 0 Å². The molecule has 1 atom stereocenters. The lowest BCUT2D eigenvalue weighted by atomic mass is 10.0. The Morgan fingerprint density at radius 2 is 2.04 bits per heavy atom. The number of rotatable bonds is 7. The third-order valence-electron chi connectivity index (χ3n) is 4.37. The van der Waals surface area contributed by atoms with Gasteiger partial charge in [-0.1, -0.05) is 13.0 Å². The van der Waals surface area contributed by atoms with E-state index in [1.54, 1.807) is 12.4 Å². The first-order valence-corrected chi connectivity index (χ1v) is 8.49. The Labute approximate surface area is 146 Å². The number of furan rings is 1. The van der Waals surface area contributed by atoms with Crippen LogP contribution in [0.3, 0.4) is 0 Å². The molecule has 3 aromatic rings. The summed E-state index contributed by atoms with van der Waals surface area (Å²) in [5.41, 5.74) is 3.49. The number of amides is 1. The molecule has 1 aromatic carbocycles. The Kier molecular flexibility index (Phi) is 5.46. The lowest BCUT2D eigenvalue weighted by Gasteiger charge is -2.15. The molecule has 0 spiro atoms. The van der Waals surface area contributed by atoms with Gasteiger partial charge in [0.15, 0.2) is 0 Å². The predicted molar refractivity (Wildman–Crippen MR) is 96.4 cm³/mol. The quantitative estimate of drug-likeness (QED) is 0.694. The standard InChI is InChI=1S/C20H22N2O3/c1-2-14-3-4-19-17(10-14)18(13-25-19)20(24)22-11-16(12-23)9-15-5-7-21-8-6-15/h3-8,10,13,16,23H,2,9,11-12H2,1H3,(H,22,24)/t16-/m1/s1. The van der Waals surface area contributed by atoms with Gasteiger partial charge in [0.2, 0.25) is 0 Å². The van der Waals surface area contributed by atoms with Crippen molar-refractivity contribution in [2.24, 2.45) is 5.92 Å². The normalized spacial score (nSPS) is 12.2. The lowest BCUT2D eigenvalue weighted by Crippen LogP contribution is -2.31. The largest absolute Gasteiger partial charge is 0.463 e. The molecule has 3 rings (SSSR count). The molecule has 0 saturated carbocycles. The molecule has 0 saturated heterocycles. The molecule has 25 heavy (non-hydrogen) atoms. The van der Waals surface area contributed by atoms with Crippen LogP contribution in [-0.2, 0) is 12.8 Å². The minimum absolute atomic E-state index is 0.00865. The van der Waals surface area contributed by atoms with E-state index >= 15 is 0 Å². The number of hydrogen-bond acceptors (Lipinski definition) is 4. The van der Waals surface area contributed by atoms with E-state index in [1.165, 1.54) is 6.26 Å². The summed E-state index contributed by atoms with van der Waals surface area (Å²) in [7, 11) is 0. The van der Waals surface area contributed by atoms with Gasteiger partial charge in [0, 0.05) is 36.8 Å². The average Bonchev–Trinajstić information content (AvgIpc) is 3.08. The number of carbonyl (C=O) groups excluding carboxylic acids is 1. The number of aliphatic hydroxyl groups is 1. The van der Waals surface area contributed by atoms with Crippen LogP contribution in [0.1, 0.15) is 28.4 Å². The molecule has 0 radical (unpaired) electrons. The van der Waals surface area contributed by atoms with Gasteiger partial charge in [0.1, 0.15) is 11.8 Å². The van der Waals surface area contributed by atoms with Crippen molar-refractivity contribution >= 4 is 16.9 Å². The van der Waals surface area contributed by atoms with E-state index in [4.69, 9.17) is 4.42 Å². The summed E-state index contributed by atoms with van der Waals surface area (Å²) >= 11 is 0. The van der Waals surface area contributed by atoms with Gasteiger partial charge in [-0.3, -0.25) is 9.78 Å². The van der Waals surface area contributed by atoms with E-state index < -0.39 is 0 Å². The number of aromatic nitrogens is 1. The van der Waals surface area contributed by atoms with Crippen molar-refractivity contribution in [2.45, 2.75) is 19.8 Å². The second kappa shape index (κ2) is 7.94. The number of aryl methyl sites for hydroxylation is 1. The van der Waals surface area contributed by atoms with Crippen molar-refractivity contribution in [3.05, 3.63) is 65.7 Å². The zero-order valence-corrected chi connectivity index (χ0v) is 14.2. The number of fused-ring (bicyclic) bond motifs is 1. The molecule has 5 nitrogen and oxygen atoms in total. The van der Waals surface area contributed by atoms with Crippen LogP contribution in [0.25, 0.3) is 11.0 Å². The van der Waals surface area contributed by atoms with Crippen molar-refractivity contribution < 1.29 is 14.3 Å². The minimum Gasteiger partial charge on any atom is -0.463 e. The SMILES string of the molecule is CCc1ccc2occ(C(=O)NC[C@H](CO)Cc3ccncc3)c2c1. The summed E-state index contributed by atoms with van der Waals surface area (Å²) in [5, 5.41) is 13.3. The molecule has 1 amide bonds. The fourth-order valence-corrected chi connectivity index (χ4v) is 2.86. The number of aliphatic hydroxyl groups excluding tert-OH is 1. The third kappa shape index (κ3) is 4.06. The maximum atomic E-state index is 12.5. The lowest BCUT2D eigenvalue weighted by molar-refractivity contribution is 0.0940. The molecular weight excluding hydrogens is 316 g/mol. The van der Waals surface area contributed by atoms with Gasteiger partial charge >= 0.3 is 0 Å². The number of pyridine rings is 1. The first-order valence-electron chi connectivity index (χ1n) is 8.49. The van der Waals surface area contributed by atoms with Crippen molar-refractivity contribution in [1.29, 1.82) is 0 Å². The van der Waals surface area contributed by atoms with Gasteiger partial charge in [0.25, 0.3) is 5.91 Å². The molecule has 0 bridgehead atoms. The summed E-state index contributed by atoms with van der Waals surface area (Å²) < 4.78 is 5.48. The first kappa shape index (κ1) is 17.2. The van der Waals surface area contributed by atoms with Gasteiger partial charge < -0.3 is 14.8 Å². The predicted octanol–water partition coefficient (Wildman–Crippen LogP) is 2.97. The van der Waals surface area contributed by atoms with E-state index in [-0.39, 0.29) is 18.4 Å². The van der Waals surface area contributed by atoms with E-state index in [2.05, 4.69) is 17.2 Å². The summed E-state index contributed by atoms with van der Waals surface area (Å²) in [6, 6.07) is 9.73. The molecule has 0 aliphatic rings. The summed E-state index contributed by atoms with van der Waals surface area (Å²) in [4.78, 5) is 16.5. The number of nitrogens with one attached hydrogen (secondary N) is 1. The molecule has 0 unspecified atom stereocenters. The van der Waals surface area contributed by atoms with Gasteiger partial charge in [-0.15, -0.1) is 0 Å². The number of hydrogen-bond donors (Lipinski definition) is 2. The number of nitrogens with zero attached hydrogens (tertiary/aromatic N) is 1. The van der Waals surface area contributed by atoms with Crippen LogP contribution in [0, 0.1) is 5.92 Å². The fraction of sp³-hybridized carbons (Fsp3) is 0.300. The van der Waals surface area contributed by atoms with Crippen LogP contribution in [0.2, 0.25) is 0 Å².